The SMILES string of the molecule is CC(C)(C)OC(=O)N1CCC(C2CO2)CC1.CC(C)(C)OC(=O)N1CCC(C=O)CC1.C[S+](C)(C)=O.[H-].[I-].[Na+]. The molecule has 3 rings (SSSR count). The van der Waals surface area contributed by atoms with E-state index in [1.165, 1.54) is 0 Å². The Hall–Kier alpha value is 0.0500. The van der Waals surface area contributed by atoms with Gasteiger partial charge in [-0.2, -0.15) is 0 Å². The van der Waals surface area contributed by atoms with Crippen LogP contribution < -0.4 is 53.5 Å². The Morgan fingerprint density at radius 1 is 0.842 bits per heavy atom. The van der Waals surface area contributed by atoms with E-state index in [1.807, 2.05) is 46.4 Å². The maximum absolute atomic E-state index is 11.8. The quantitative estimate of drug-likeness (QED) is 0.113. The van der Waals surface area contributed by atoms with Crippen molar-refractivity contribution in [3.05, 3.63) is 0 Å². The first-order chi connectivity index (χ1) is 16.4. The summed E-state index contributed by atoms with van der Waals surface area (Å²) in [5, 5.41) is 0. The van der Waals surface area contributed by atoms with Crippen molar-refractivity contribution in [2.75, 3.05) is 51.6 Å². The number of carbonyl (C=O) groups excluding carboxylic acids is 3. The van der Waals surface area contributed by atoms with Crippen molar-refractivity contribution in [3.63, 3.8) is 0 Å². The van der Waals surface area contributed by atoms with Crippen molar-refractivity contribution in [3.8, 4) is 0 Å². The molecule has 0 aromatic heterocycles. The zero-order valence-electron chi connectivity index (χ0n) is 26.2. The molecule has 3 saturated heterocycles. The van der Waals surface area contributed by atoms with Gasteiger partial charge in [0.1, 0.15) is 36.3 Å². The van der Waals surface area contributed by atoms with Gasteiger partial charge in [-0.15, -0.1) is 4.21 Å². The molecule has 0 bridgehead atoms. The Balaban J connectivity index is -0.000000533. The van der Waals surface area contributed by atoms with E-state index >= 15 is 0 Å². The molecule has 3 fully saturated rings. The van der Waals surface area contributed by atoms with Gasteiger partial charge in [0, 0.05) is 32.1 Å². The van der Waals surface area contributed by atoms with Crippen molar-refractivity contribution >= 4 is 28.4 Å². The molecule has 3 heterocycles. The van der Waals surface area contributed by atoms with Gasteiger partial charge >= 0.3 is 41.7 Å². The number of carbonyl (C=O) groups is 3. The molecule has 3 aliphatic rings. The van der Waals surface area contributed by atoms with Crippen molar-refractivity contribution in [2.45, 2.75) is 84.5 Å². The molecule has 1 atom stereocenters. The first-order valence-corrected chi connectivity index (χ1v) is 15.6. The molecular weight excluding hydrogens is 634 g/mol. The van der Waals surface area contributed by atoms with Gasteiger partial charge in [-0.05, 0) is 73.1 Å². The van der Waals surface area contributed by atoms with Crippen LogP contribution in [0.4, 0.5) is 9.59 Å². The standard InChI is InChI=1S/C12H21NO3.C11H19NO3.C3H9OS.HI.Na.H/c1-12(2,3)16-11(14)13-6-4-9(5-7-13)10-8-15-10;1-11(2,3)15-10(14)12-6-4-9(8-13)5-7-12;1-5(2,3)4;;;/h9-10H,4-8H2,1-3H3;8-9H,4-7H2,1-3H3;1-3H3;1H;;/q;;+1;;+1;-1/p-1. The molecule has 220 valence electrons. The van der Waals surface area contributed by atoms with E-state index in [9.17, 15) is 18.6 Å². The predicted octanol–water partition coefficient (Wildman–Crippen LogP) is -1.64. The minimum absolute atomic E-state index is 0. The van der Waals surface area contributed by atoms with Crippen molar-refractivity contribution in [2.24, 2.45) is 11.8 Å². The third-order valence-electron chi connectivity index (χ3n) is 5.46. The number of rotatable bonds is 2. The number of nitrogens with zero attached hydrogens (tertiary/aromatic N) is 2. The number of hydrogen-bond acceptors (Lipinski definition) is 7. The fourth-order valence-corrected chi connectivity index (χ4v) is 3.65. The first kappa shape index (κ1) is 40.2. The third kappa shape index (κ3) is 20.0. The third-order valence-corrected chi connectivity index (χ3v) is 5.46. The molecule has 0 spiro atoms. The Kier molecular flexibility index (Phi) is 18.8. The van der Waals surface area contributed by atoms with Crippen LogP contribution in [0.25, 0.3) is 0 Å². The second-order valence-electron chi connectivity index (χ2n) is 12.3. The molecule has 9 nitrogen and oxygen atoms in total. The fraction of sp³-hybridized carbons (Fsp3) is 0.885. The fourth-order valence-electron chi connectivity index (χ4n) is 3.65. The first-order valence-electron chi connectivity index (χ1n) is 12.8. The Labute approximate surface area is 272 Å². The Morgan fingerprint density at radius 3 is 1.42 bits per heavy atom. The van der Waals surface area contributed by atoms with Crippen LogP contribution in [0, 0.1) is 11.8 Å². The summed E-state index contributed by atoms with van der Waals surface area (Å²) in [6.07, 6.45) is 9.74. The summed E-state index contributed by atoms with van der Waals surface area (Å²) in [5.74, 6) is 0.766. The number of hydrogen-bond donors (Lipinski definition) is 0. The molecule has 0 radical (unpaired) electrons. The molecule has 0 N–H and O–H groups in total. The average molecular weight is 685 g/mol. The minimum Gasteiger partial charge on any atom is -1.00 e. The van der Waals surface area contributed by atoms with Crippen molar-refractivity contribution < 1.29 is 87.8 Å². The zero-order valence-corrected chi connectivity index (χ0v) is 30.2. The maximum Gasteiger partial charge on any atom is 1.00 e. The normalized spacial score (nSPS) is 20.2. The summed E-state index contributed by atoms with van der Waals surface area (Å²) in [6, 6.07) is 0. The van der Waals surface area contributed by atoms with Crippen LogP contribution >= 0.6 is 0 Å². The molecule has 2 amide bonds. The molecule has 1 unspecified atom stereocenters. The van der Waals surface area contributed by atoms with E-state index in [-0.39, 0.29) is 73.1 Å². The van der Waals surface area contributed by atoms with Gasteiger partial charge < -0.3 is 54.2 Å². The zero-order chi connectivity index (χ0) is 27.7. The summed E-state index contributed by atoms with van der Waals surface area (Å²) in [6.45, 7) is 15.0. The smallest absolute Gasteiger partial charge is 1.00 e. The summed E-state index contributed by atoms with van der Waals surface area (Å²) in [7, 11) is -1.42. The largest absolute Gasteiger partial charge is 1.00 e. The van der Waals surface area contributed by atoms with E-state index in [2.05, 4.69) is 0 Å². The van der Waals surface area contributed by atoms with Crippen LogP contribution in [-0.4, -0.2) is 97.1 Å². The summed E-state index contributed by atoms with van der Waals surface area (Å²) in [4.78, 5) is 37.4. The van der Waals surface area contributed by atoms with Gasteiger partial charge in [0.15, 0.2) is 0 Å². The van der Waals surface area contributed by atoms with Crippen LogP contribution in [0.15, 0.2) is 0 Å². The molecule has 38 heavy (non-hydrogen) atoms. The molecule has 0 saturated carbocycles. The minimum atomic E-state index is -1.42. The Bertz CT molecular complexity index is 761. The molecular formula is C26H50IN2NaO7S. The number of likely N-dealkylation sites (tertiary alicyclic amines) is 2. The molecule has 0 aliphatic carbocycles. The maximum atomic E-state index is 11.8. The number of halogens is 1. The van der Waals surface area contributed by atoms with Gasteiger partial charge in [-0.3, -0.25) is 0 Å². The molecule has 0 aromatic carbocycles. The van der Waals surface area contributed by atoms with Crippen molar-refractivity contribution in [1.29, 1.82) is 0 Å². The predicted molar refractivity (Wildman–Crippen MR) is 144 cm³/mol. The number of epoxide rings is 1. The summed E-state index contributed by atoms with van der Waals surface area (Å²) in [5.41, 5.74) is -0.841. The van der Waals surface area contributed by atoms with Crippen LogP contribution in [0.2, 0.25) is 0 Å². The number of ether oxygens (including phenoxy) is 3. The molecule has 3 aliphatic heterocycles. The summed E-state index contributed by atoms with van der Waals surface area (Å²) < 4.78 is 26.1. The van der Waals surface area contributed by atoms with Gasteiger partial charge in [0.25, 0.3) is 0 Å². The van der Waals surface area contributed by atoms with Crippen molar-refractivity contribution in [1.82, 2.24) is 9.80 Å². The van der Waals surface area contributed by atoms with Crippen LogP contribution in [0.3, 0.4) is 0 Å². The van der Waals surface area contributed by atoms with Crippen LogP contribution in [0.1, 0.15) is 68.7 Å². The van der Waals surface area contributed by atoms with E-state index in [1.54, 1.807) is 23.7 Å². The molecule has 0 aromatic rings. The monoisotopic (exact) mass is 684 g/mol. The number of piperidine rings is 2. The molecule has 12 heteroatoms. The average Bonchev–Trinajstić information content (AvgIpc) is 3.56. The van der Waals surface area contributed by atoms with E-state index in [0.717, 1.165) is 51.7 Å². The van der Waals surface area contributed by atoms with E-state index in [0.29, 0.717) is 25.1 Å². The van der Waals surface area contributed by atoms with Gasteiger partial charge in [-0.25, -0.2) is 9.59 Å². The number of amides is 2. The van der Waals surface area contributed by atoms with Crippen LogP contribution in [0.5, 0.6) is 0 Å². The number of aldehydes is 1. The second-order valence-corrected chi connectivity index (χ2v) is 15.8. The Morgan fingerprint density at radius 2 is 1.16 bits per heavy atom. The van der Waals surface area contributed by atoms with E-state index < -0.39 is 21.1 Å². The van der Waals surface area contributed by atoms with Gasteiger partial charge in [0.2, 0.25) is 0 Å². The van der Waals surface area contributed by atoms with E-state index in [4.69, 9.17) is 14.2 Å². The van der Waals surface area contributed by atoms with Crippen LogP contribution in [-0.2, 0) is 33.1 Å². The summed E-state index contributed by atoms with van der Waals surface area (Å²) >= 11 is 0. The van der Waals surface area contributed by atoms with Gasteiger partial charge in [0.05, 0.1) is 22.6 Å². The second kappa shape index (κ2) is 17.8. The topological polar surface area (TPSA) is 106 Å². The van der Waals surface area contributed by atoms with Gasteiger partial charge in [-0.1, -0.05) is 0 Å².